The van der Waals surface area contributed by atoms with Gasteiger partial charge >= 0.3 is 0 Å². The van der Waals surface area contributed by atoms with Gasteiger partial charge in [0.2, 0.25) is 0 Å². The molecule has 2 heterocycles. The Morgan fingerprint density at radius 2 is 2.31 bits per heavy atom. The largest absolute Gasteiger partial charge is 0.317 e. The number of hydrazine groups is 1. The molecule has 1 saturated heterocycles. The van der Waals surface area contributed by atoms with Crippen molar-refractivity contribution in [3.05, 3.63) is 17.7 Å². The van der Waals surface area contributed by atoms with Crippen LogP contribution in [0.25, 0.3) is 0 Å². The van der Waals surface area contributed by atoms with E-state index in [1.54, 1.807) is 5.01 Å². The van der Waals surface area contributed by atoms with Crippen LogP contribution in [0.5, 0.6) is 0 Å². The highest BCUT2D eigenvalue weighted by molar-refractivity contribution is 5.04. The lowest BCUT2D eigenvalue weighted by Crippen LogP contribution is -2.59. The zero-order valence-electron chi connectivity index (χ0n) is 9.85. The predicted molar refractivity (Wildman–Crippen MR) is 62.3 cm³/mol. The van der Waals surface area contributed by atoms with Gasteiger partial charge in [-0.15, -0.1) is 0 Å². The second-order valence-electron chi connectivity index (χ2n) is 4.30. The minimum absolute atomic E-state index is 0.0869. The molecule has 5 N–H and O–H groups in total. The molecule has 16 heavy (non-hydrogen) atoms. The van der Waals surface area contributed by atoms with Crippen molar-refractivity contribution >= 4 is 0 Å². The van der Waals surface area contributed by atoms with E-state index in [1.807, 2.05) is 13.1 Å². The van der Waals surface area contributed by atoms with Gasteiger partial charge in [-0.2, -0.15) is 0 Å². The van der Waals surface area contributed by atoms with Gasteiger partial charge in [0.05, 0.1) is 11.9 Å². The molecular weight excluding hydrogens is 204 g/mol. The molecule has 0 radical (unpaired) electrons. The van der Waals surface area contributed by atoms with Crippen molar-refractivity contribution in [3.8, 4) is 0 Å². The minimum Gasteiger partial charge on any atom is -0.317 e. The van der Waals surface area contributed by atoms with Crippen LogP contribution >= 0.6 is 0 Å². The van der Waals surface area contributed by atoms with Gasteiger partial charge in [-0.05, 0) is 6.92 Å². The minimum atomic E-state index is -0.0869. The van der Waals surface area contributed by atoms with E-state index < -0.39 is 0 Å². The third-order valence-corrected chi connectivity index (χ3v) is 2.83. The van der Waals surface area contributed by atoms with E-state index in [0.29, 0.717) is 6.54 Å². The van der Waals surface area contributed by atoms with Crippen LogP contribution in [0.4, 0.5) is 0 Å². The van der Waals surface area contributed by atoms with Crippen molar-refractivity contribution in [1.29, 1.82) is 0 Å². The summed E-state index contributed by atoms with van der Waals surface area (Å²) in [5, 5.41) is 5.08. The van der Waals surface area contributed by atoms with Gasteiger partial charge in [0.25, 0.3) is 0 Å². The van der Waals surface area contributed by atoms with Crippen LogP contribution in [0.1, 0.15) is 24.6 Å². The molecule has 2 rings (SSSR count). The fourth-order valence-corrected chi connectivity index (χ4v) is 2.17. The number of nitrogens with two attached hydrogens (primary N) is 2. The summed E-state index contributed by atoms with van der Waals surface area (Å²) in [5.74, 6) is 6.90. The molecule has 1 aliphatic rings. The first kappa shape index (κ1) is 11.5. The summed E-state index contributed by atoms with van der Waals surface area (Å²) in [6, 6.07) is 0. The van der Waals surface area contributed by atoms with Crippen molar-refractivity contribution in [2.24, 2.45) is 11.6 Å². The second kappa shape index (κ2) is 4.50. The number of aryl methyl sites for hydroxylation is 2. The summed E-state index contributed by atoms with van der Waals surface area (Å²) in [7, 11) is 0. The molecule has 90 valence electrons. The molecule has 1 fully saturated rings. The number of hydrogen-bond donors (Lipinski definition) is 3. The first-order valence-corrected chi connectivity index (χ1v) is 5.65. The SMILES string of the molecule is CCc1nc(C)cn1C1CN(N)CC(N)N1. The smallest absolute Gasteiger partial charge is 0.110 e. The lowest BCUT2D eigenvalue weighted by molar-refractivity contribution is 0.130. The van der Waals surface area contributed by atoms with Crippen LogP contribution in [0, 0.1) is 6.92 Å². The fraction of sp³-hybridized carbons (Fsp3) is 0.700. The number of nitrogens with zero attached hydrogens (tertiary/aromatic N) is 3. The van der Waals surface area contributed by atoms with Gasteiger partial charge in [-0.1, -0.05) is 6.92 Å². The summed E-state index contributed by atoms with van der Waals surface area (Å²) < 4.78 is 2.13. The van der Waals surface area contributed by atoms with Crippen molar-refractivity contribution in [2.75, 3.05) is 13.1 Å². The molecule has 6 nitrogen and oxygen atoms in total. The lowest BCUT2D eigenvalue weighted by atomic mass is 10.3. The topological polar surface area (TPSA) is 85.1 Å². The van der Waals surface area contributed by atoms with Crippen LogP contribution < -0.4 is 16.9 Å². The highest BCUT2D eigenvalue weighted by atomic mass is 15.5. The van der Waals surface area contributed by atoms with Crippen LogP contribution in [0.15, 0.2) is 6.20 Å². The zero-order valence-corrected chi connectivity index (χ0v) is 9.85. The number of hydrogen-bond acceptors (Lipinski definition) is 5. The molecule has 0 spiro atoms. The quantitative estimate of drug-likeness (QED) is 0.579. The number of aromatic nitrogens is 2. The van der Waals surface area contributed by atoms with Gasteiger partial charge in [-0.3, -0.25) is 11.2 Å². The van der Waals surface area contributed by atoms with Crippen LogP contribution in [-0.4, -0.2) is 33.8 Å². The summed E-state index contributed by atoms with van der Waals surface area (Å²) in [6.07, 6.45) is 2.98. The maximum atomic E-state index is 5.88. The molecule has 1 aliphatic heterocycles. The average Bonchev–Trinajstić information content (AvgIpc) is 2.58. The van der Waals surface area contributed by atoms with Crippen molar-refractivity contribution in [1.82, 2.24) is 19.9 Å². The molecule has 2 atom stereocenters. The Morgan fingerprint density at radius 1 is 1.56 bits per heavy atom. The molecule has 2 unspecified atom stereocenters. The van der Waals surface area contributed by atoms with E-state index in [4.69, 9.17) is 11.6 Å². The van der Waals surface area contributed by atoms with Gasteiger partial charge in [0.1, 0.15) is 12.0 Å². The summed E-state index contributed by atoms with van der Waals surface area (Å²) in [5.41, 5.74) is 6.91. The molecule has 1 aromatic heterocycles. The summed E-state index contributed by atoms with van der Waals surface area (Å²) in [4.78, 5) is 4.48. The molecule has 0 aliphatic carbocycles. The van der Waals surface area contributed by atoms with E-state index in [9.17, 15) is 0 Å². The van der Waals surface area contributed by atoms with Gasteiger partial charge in [-0.25, -0.2) is 9.99 Å². The molecule has 0 amide bonds. The maximum absolute atomic E-state index is 5.88. The first-order valence-electron chi connectivity index (χ1n) is 5.65. The summed E-state index contributed by atoms with van der Waals surface area (Å²) in [6.45, 7) is 5.52. The monoisotopic (exact) mass is 224 g/mol. The highest BCUT2D eigenvalue weighted by Crippen LogP contribution is 2.14. The molecule has 0 bridgehead atoms. The fourth-order valence-electron chi connectivity index (χ4n) is 2.17. The Labute approximate surface area is 95.6 Å². The number of nitrogens with one attached hydrogen (secondary N) is 1. The lowest BCUT2D eigenvalue weighted by Gasteiger charge is -2.35. The van der Waals surface area contributed by atoms with E-state index in [1.165, 1.54) is 0 Å². The van der Waals surface area contributed by atoms with Crippen LogP contribution in [0.2, 0.25) is 0 Å². The van der Waals surface area contributed by atoms with Gasteiger partial charge < -0.3 is 10.3 Å². The Kier molecular flexibility index (Phi) is 3.25. The Bertz CT molecular complexity index is 350. The molecule has 6 heteroatoms. The van der Waals surface area contributed by atoms with E-state index >= 15 is 0 Å². The Balaban J connectivity index is 2.22. The standard InChI is InChI=1S/C10H20N6/c1-3-9-13-7(2)4-16(9)10-6-15(12)5-8(11)14-10/h4,8,10,14H,3,5-6,11-12H2,1-2H3. The van der Waals surface area contributed by atoms with E-state index in [0.717, 1.165) is 24.5 Å². The highest BCUT2D eigenvalue weighted by Gasteiger charge is 2.24. The number of imidazole rings is 1. The molecule has 0 aromatic carbocycles. The zero-order chi connectivity index (χ0) is 11.7. The number of piperazine rings is 1. The molecule has 1 aromatic rings. The van der Waals surface area contributed by atoms with Crippen LogP contribution in [-0.2, 0) is 6.42 Å². The first-order chi connectivity index (χ1) is 7.60. The van der Waals surface area contributed by atoms with Gasteiger partial charge in [0, 0.05) is 25.7 Å². The van der Waals surface area contributed by atoms with Gasteiger partial charge in [0.15, 0.2) is 0 Å². The Morgan fingerprint density at radius 3 is 2.94 bits per heavy atom. The Hall–Kier alpha value is -0.950. The third kappa shape index (κ3) is 2.25. The van der Waals surface area contributed by atoms with Crippen molar-refractivity contribution in [3.63, 3.8) is 0 Å². The third-order valence-electron chi connectivity index (χ3n) is 2.83. The van der Waals surface area contributed by atoms with Crippen molar-refractivity contribution in [2.45, 2.75) is 32.6 Å². The van der Waals surface area contributed by atoms with Crippen molar-refractivity contribution < 1.29 is 0 Å². The predicted octanol–water partition coefficient (Wildman–Crippen LogP) is -0.684. The normalized spacial score (nSPS) is 27.2. The second-order valence-corrected chi connectivity index (χ2v) is 4.30. The number of rotatable bonds is 2. The van der Waals surface area contributed by atoms with E-state index in [-0.39, 0.29) is 12.3 Å². The summed E-state index contributed by atoms with van der Waals surface area (Å²) >= 11 is 0. The molecular formula is C10H20N6. The molecule has 0 saturated carbocycles. The van der Waals surface area contributed by atoms with E-state index in [2.05, 4.69) is 21.8 Å². The average molecular weight is 224 g/mol. The van der Waals surface area contributed by atoms with Crippen LogP contribution in [0.3, 0.4) is 0 Å². The maximum Gasteiger partial charge on any atom is 0.110 e.